The first-order chi connectivity index (χ1) is 24.4. The average molecular weight is 664 g/mol. The summed E-state index contributed by atoms with van der Waals surface area (Å²) >= 11 is 6.49. The van der Waals surface area contributed by atoms with E-state index in [4.69, 9.17) is 36.8 Å². The van der Waals surface area contributed by atoms with Gasteiger partial charge in [0.15, 0.2) is 0 Å². The van der Waals surface area contributed by atoms with Crippen molar-refractivity contribution in [2.45, 2.75) is 88.0 Å². The average Bonchev–Trinajstić information content (AvgIpc) is 4.00. The van der Waals surface area contributed by atoms with Crippen molar-refractivity contribution in [1.29, 1.82) is 0 Å². The number of nitrogens with one attached hydrogen (secondary N) is 1. The smallest absolute Gasteiger partial charge is 0.407 e. The predicted octanol–water partition coefficient (Wildman–Crippen LogP) is 7.07. The molecule has 0 unspecified atom stereocenters. The van der Waals surface area contributed by atoms with Crippen LogP contribution in [0.25, 0.3) is 11.1 Å². The van der Waals surface area contributed by atoms with Gasteiger partial charge in [0, 0.05) is 59.6 Å². The number of ether oxygens (including phenoxy) is 3. The van der Waals surface area contributed by atoms with Crippen LogP contribution in [0, 0.1) is 0 Å². The van der Waals surface area contributed by atoms with Crippen LogP contribution >= 0.6 is 11.6 Å². The molecule has 0 spiro atoms. The summed E-state index contributed by atoms with van der Waals surface area (Å²) in [7, 11) is -4.23. The monoisotopic (exact) mass is 663 g/mol. The second-order valence-electron chi connectivity index (χ2n) is 11.9. The van der Waals surface area contributed by atoms with E-state index in [1.165, 1.54) is 26.8 Å². The van der Waals surface area contributed by atoms with E-state index in [0.29, 0.717) is 19.9 Å². The summed E-state index contributed by atoms with van der Waals surface area (Å²) in [5, 5.41) is 1.75. The van der Waals surface area contributed by atoms with Gasteiger partial charge in [-0.2, -0.15) is 0 Å². The lowest BCUT2D eigenvalue weighted by Gasteiger charge is -2.22. The molecule has 2 saturated carbocycles. The summed E-state index contributed by atoms with van der Waals surface area (Å²) in [5.74, 6) is 0.746. The van der Waals surface area contributed by atoms with Gasteiger partial charge in [-0.25, -0.2) is 17.5 Å². The molecular weight excluding hydrogens is 614 g/mol. The first-order valence-corrected chi connectivity index (χ1v) is 16.3. The van der Waals surface area contributed by atoms with Crippen molar-refractivity contribution in [2.24, 2.45) is 0 Å². The minimum atomic E-state index is -4.94. The molecule has 5 rings (SSSR count). The van der Waals surface area contributed by atoms with Crippen molar-refractivity contribution in [3.05, 3.63) is 77.1 Å². The highest BCUT2D eigenvalue weighted by Crippen LogP contribution is 2.53. The van der Waals surface area contributed by atoms with Crippen molar-refractivity contribution in [1.82, 2.24) is 14.6 Å². The van der Waals surface area contributed by atoms with Gasteiger partial charge in [0.05, 0.1) is 23.2 Å². The fraction of sp³-hybridized carbons (Fsp3) is 0.471. The van der Waals surface area contributed by atoms with Gasteiger partial charge >= 0.3 is 6.09 Å². The molecule has 9 nitrogen and oxygen atoms in total. The van der Waals surface area contributed by atoms with Crippen LogP contribution in [0.2, 0.25) is 5.02 Å². The Hall–Kier alpha value is -3.18. The van der Waals surface area contributed by atoms with Crippen LogP contribution in [0.15, 0.2) is 65.8 Å². The zero-order valence-electron chi connectivity index (χ0n) is 33.5. The number of aromatic nitrogens is 1. The van der Waals surface area contributed by atoms with Gasteiger partial charge < -0.3 is 19.5 Å². The third-order valence-corrected chi connectivity index (χ3v) is 9.12. The maximum absolute atomic E-state index is 13.9. The van der Waals surface area contributed by atoms with Crippen molar-refractivity contribution in [3.63, 3.8) is 0 Å². The minimum Gasteiger partial charge on any atom is -0.490 e. The number of rotatable bonds is 14. The molecule has 11 heteroatoms. The number of nitrogens with zero attached hydrogens (tertiary/aromatic N) is 2. The lowest BCUT2D eigenvalue weighted by Crippen LogP contribution is -2.33. The fourth-order valence-corrected chi connectivity index (χ4v) is 5.72. The van der Waals surface area contributed by atoms with E-state index < -0.39 is 58.0 Å². The van der Waals surface area contributed by atoms with Gasteiger partial charge in [0.1, 0.15) is 11.4 Å². The van der Waals surface area contributed by atoms with Crippen LogP contribution in [-0.4, -0.2) is 55.5 Å². The zero-order chi connectivity index (χ0) is 39.4. The third-order valence-electron chi connectivity index (χ3n) is 7.09. The third kappa shape index (κ3) is 8.55. The van der Waals surface area contributed by atoms with Gasteiger partial charge in [0.25, 0.3) is 0 Å². The Kier molecular flexibility index (Phi) is 7.31. The number of alkyl carbamates (subject to hydrolysis) is 1. The van der Waals surface area contributed by atoms with E-state index in [0.717, 1.165) is 47.4 Å². The maximum Gasteiger partial charge on any atom is 0.407 e. The molecule has 0 atom stereocenters. The number of hydrogen-bond acceptors (Lipinski definition) is 7. The number of para-hydroxylation sites is 1. The molecule has 242 valence electrons. The molecule has 3 aromatic rings. The lowest BCUT2D eigenvalue weighted by atomic mass is 9.96. The molecule has 0 bridgehead atoms. The van der Waals surface area contributed by atoms with Crippen LogP contribution in [-0.2, 0) is 31.7 Å². The van der Waals surface area contributed by atoms with Gasteiger partial charge in [-0.3, -0.25) is 4.98 Å². The van der Waals surface area contributed by atoms with E-state index >= 15 is 0 Å². The molecule has 0 radical (unpaired) electrons. The second kappa shape index (κ2) is 13.7. The summed E-state index contributed by atoms with van der Waals surface area (Å²) in [6.45, 7) is -3.04. The summed E-state index contributed by atoms with van der Waals surface area (Å²) < 4.78 is 112. The molecule has 2 fully saturated rings. The molecule has 0 saturated heterocycles. The van der Waals surface area contributed by atoms with Crippen molar-refractivity contribution < 1.29 is 38.4 Å². The summed E-state index contributed by atoms with van der Waals surface area (Å²) in [6, 6.07) is 13.1. The molecule has 1 amide bonds. The number of halogens is 1. The molecule has 45 heavy (non-hydrogen) atoms. The molecule has 2 aromatic carbocycles. The predicted molar refractivity (Wildman–Crippen MR) is 174 cm³/mol. The van der Waals surface area contributed by atoms with Gasteiger partial charge in [-0.15, -0.1) is 0 Å². The van der Waals surface area contributed by atoms with Crippen LogP contribution in [0.4, 0.5) is 4.79 Å². The van der Waals surface area contributed by atoms with Gasteiger partial charge in [-0.1, -0.05) is 29.8 Å². The first kappa shape index (κ1) is 24.1. The van der Waals surface area contributed by atoms with Crippen LogP contribution in [0.3, 0.4) is 0 Å². The van der Waals surface area contributed by atoms with E-state index in [1.54, 1.807) is 17.7 Å². The van der Waals surface area contributed by atoms with Crippen LogP contribution < -0.4 is 10.1 Å². The Labute approximate surface area is 282 Å². The standard InChI is InChI=1S/C34H42ClN3O6S/c1-33(2,3)44-32(39)37-18-7-8-20-38(4)45(40,41)26-13-14-30(35)24(21-26)23-42-34(16-17-34)29-22-36-19-15-27(29)28-9-5-6-10-31(28)43-25-11-12-25/h5-6,9-10,13-15,19,21-22,25H,7-8,11-12,16-18,20,23H2,1-4H3,(H,37,39)/i7D2,8D2,18D2,20D2. The van der Waals surface area contributed by atoms with Crippen molar-refractivity contribution in [3.8, 4) is 16.9 Å². The molecule has 1 aromatic heterocycles. The Morgan fingerprint density at radius 1 is 1.13 bits per heavy atom. The van der Waals surface area contributed by atoms with Gasteiger partial charge in [-0.05, 0) is 101 Å². The SMILES string of the molecule is [2H]C([2H])(NC(=O)OC(C)(C)C)C([2H])([2H])C([2H])([2H])C([2H])([2H])N(C)S(=O)(=O)c1ccc(Cl)c(COC2(c3cnccc3-c3ccccc3OC3CC3)CC2)c1. The zero-order valence-corrected chi connectivity index (χ0v) is 27.1. The van der Waals surface area contributed by atoms with E-state index in [-0.39, 0.29) is 27.6 Å². The molecule has 1 N–H and O–H groups in total. The number of benzene rings is 2. The molecule has 1 heterocycles. The van der Waals surface area contributed by atoms with E-state index in [9.17, 15) is 13.2 Å². The highest BCUT2D eigenvalue weighted by molar-refractivity contribution is 7.89. The Balaban J connectivity index is 1.38. The minimum absolute atomic E-state index is 0.0132. The number of hydrogen-bond donors (Lipinski definition) is 1. The fourth-order valence-electron chi connectivity index (χ4n) is 4.53. The van der Waals surface area contributed by atoms with Crippen molar-refractivity contribution in [2.75, 3.05) is 20.0 Å². The molecule has 0 aliphatic heterocycles. The molecule has 2 aliphatic rings. The van der Waals surface area contributed by atoms with E-state index in [1.807, 2.05) is 30.3 Å². The maximum atomic E-state index is 13.9. The van der Waals surface area contributed by atoms with E-state index in [2.05, 4.69) is 4.98 Å². The Morgan fingerprint density at radius 2 is 1.89 bits per heavy atom. The normalized spacial score (nSPS) is 19.9. The van der Waals surface area contributed by atoms with Crippen LogP contribution in [0.5, 0.6) is 5.75 Å². The lowest BCUT2D eigenvalue weighted by molar-refractivity contribution is 0.0173. The number of carbonyl (C=O) groups excluding carboxylic acids is 1. The quantitative estimate of drug-likeness (QED) is 0.197. The summed E-state index contributed by atoms with van der Waals surface area (Å²) in [5.41, 5.74) is 0.920. The number of sulfonamides is 1. The van der Waals surface area contributed by atoms with Crippen LogP contribution in [0.1, 0.15) is 81.3 Å². The number of pyridine rings is 1. The topological polar surface area (TPSA) is 107 Å². The number of amides is 1. The Morgan fingerprint density at radius 3 is 2.60 bits per heavy atom. The summed E-state index contributed by atoms with van der Waals surface area (Å²) in [6.07, 6.45) is -2.32. The molecular formula is C34H42ClN3O6S. The van der Waals surface area contributed by atoms with Crippen molar-refractivity contribution >= 4 is 27.7 Å². The second-order valence-corrected chi connectivity index (χ2v) is 14.2. The largest absolute Gasteiger partial charge is 0.490 e. The highest BCUT2D eigenvalue weighted by Gasteiger charge is 2.48. The summed E-state index contributed by atoms with van der Waals surface area (Å²) in [4.78, 5) is 16.1. The Bertz CT molecular complexity index is 1970. The number of carbonyl (C=O) groups is 1. The van der Waals surface area contributed by atoms with Gasteiger partial charge in [0.2, 0.25) is 10.0 Å². The molecule has 2 aliphatic carbocycles. The first-order valence-electron chi connectivity index (χ1n) is 18.5. The highest BCUT2D eigenvalue weighted by atomic mass is 35.5.